The van der Waals surface area contributed by atoms with E-state index in [1.54, 1.807) is 12.1 Å². The Bertz CT molecular complexity index is 1110. The van der Waals surface area contributed by atoms with Gasteiger partial charge in [-0.2, -0.15) is 10.4 Å². The van der Waals surface area contributed by atoms with Gasteiger partial charge < -0.3 is 20.3 Å². The van der Waals surface area contributed by atoms with Crippen molar-refractivity contribution < 1.29 is 19.4 Å². The Morgan fingerprint density at radius 1 is 1.37 bits per heavy atom. The van der Waals surface area contributed by atoms with Crippen LogP contribution in [-0.2, 0) is 26.3 Å². The first-order valence-corrected chi connectivity index (χ1v) is 9.59. The summed E-state index contributed by atoms with van der Waals surface area (Å²) in [6.45, 7) is 1.83. The van der Waals surface area contributed by atoms with Crippen molar-refractivity contribution in [2.24, 2.45) is 0 Å². The number of esters is 1. The van der Waals surface area contributed by atoms with Gasteiger partial charge in [-0.3, -0.25) is 4.79 Å². The van der Waals surface area contributed by atoms with Crippen molar-refractivity contribution in [1.82, 2.24) is 14.6 Å². The van der Waals surface area contributed by atoms with Crippen LogP contribution < -0.4 is 5.73 Å². The molecule has 9 heteroatoms. The van der Waals surface area contributed by atoms with Gasteiger partial charge in [0.15, 0.2) is 11.9 Å². The molecule has 1 saturated heterocycles. The summed E-state index contributed by atoms with van der Waals surface area (Å²) in [6.07, 6.45) is -1.34. The van der Waals surface area contributed by atoms with Crippen LogP contribution in [0.2, 0.25) is 0 Å². The van der Waals surface area contributed by atoms with E-state index in [0.717, 1.165) is 5.56 Å². The standard InChI is InChI=1S/C21H21N5O4/c1-2-15-18(29-17(27)10-13-6-4-3-5-7-13)19(28)21(11-22,30-15)16-9-8-14-20(23)24-12-25-26(14)16/h3-9,12,15,18-19,28H,2,10H2,1H3,(H2,23,24,25)/t15-,18-,19-,21+/m1/s1. The first-order valence-electron chi connectivity index (χ1n) is 9.59. The molecular weight excluding hydrogens is 386 g/mol. The van der Waals surface area contributed by atoms with E-state index < -0.39 is 29.9 Å². The lowest BCUT2D eigenvalue weighted by atomic mass is 9.92. The number of nitrogens with zero attached hydrogens (tertiary/aromatic N) is 4. The van der Waals surface area contributed by atoms with Gasteiger partial charge in [0.2, 0.25) is 5.60 Å². The molecule has 4 rings (SSSR count). The fraction of sp³-hybridized carbons (Fsp3) is 0.333. The maximum atomic E-state index is 12.5. The number of benzene rings is 1. The number of carbonyl (C=O) groups excluding carboxylic acids is 1. The number of hydrogen-bond acceptors (Lipinski definition) is 8. The van der Waals surface area contributed by atoms with E-state index in [1.165, 1.54) is 10.8 Å². The Balaban J connectivity index is 1.65. The molecule has 4 atom stereocenters. The number of ether oxygens (including phenoxy) is 2. The monoisotopic (exact) mass is 407 g/mol. The number of hydrogen-bond donors (Lipinski definition) is 2. The quantitative estimate of drug-likeness (QED) is 0.605. The second-order valence-corrected chi connectivity index (χ2v) is 7.13. The summed E-state index contributed by atoms with van der Waals surface area (Å²) in [5, 5.41) is 25.3. The molecule has 1 aromatic carbocycles. The fourth-order valence-electron chi connectivity index (χ4n) is 3.82. The van der Waals surface area contributed by atoms with E-state index in [-0.39, 0.29) is 12.2 Å². The van der Waals surface area contributed by atoms with Crippen LogP contribution in [-0.4, -0.2) is 44.0 Å². The molecule has 0 spiro atoms. The number of carbonyl (C=O) groups is 1. The number of nitrogens with two attached hydrogens (primary N) is 1. The Kier molecular flexibility index (Phi) is 5.11. The van der Waals surface area contributed by atoms with E-state index >= 15 is 0 Å². The number of fused-ring (bicyclic) bond motifs is 1. The molecule has 3 N–H and O–H groups in total. The molecule has 0 aliphatic carbocycles. The van der Waals surface area contributed by atoms with E-state index in [0.29, 0.717) is 17.6 Å². The molecule has 30 heavy (non-hydrogen) atoms. The van der Waals surface area contributed by atoms with Gasteiger partial charge in [-0.25, -0.2) is 9.50 Å². The summed E-state index contributed by atoms with van der Waals surface area (Å²) in [7, 11) is 0. The first kappa shape index (κ1) is 19.8. The van der Waals surface area contributed by atoms with E-state index in [4.69, 9.17) is 15.2 Å². The molecule has 3 heterocycles. The number of nitriles is 1. The lowest BCUT2D eigenvalue weighted by Crippen LogP contribution is -2.42. The molecule has 0 unspecified atom stereocenters. The van der Waals surface area contributed by atoms with Crippen LogP contribution in [0.5, 0.6) is 0 Å². The van der Waals surface area contributed by atoms with Crippen LogP contribution in [0.15, 0.2) is 48.8 Å². The number of anilines is 1. The average molecular weight is 407 g/mol. The number of aliphatic hydroxyl groups excluding tert-OH is 1. The minimum absolute atomic E-state index is 0.0534. The number of aliphatic hydroxyl groups is 1. The summed E-state index contributed by atoms with van der Waals surface area (Å²) < 4.78 is 13.0. The zero-order chi connectivity index (χ0) is 21.3. The number of rotatable bonds is 5. The molecule has 0 bridgehead atoms. The van der Waals surface area contributed by atoms with Crippen LogP contribution in [0.1, 0.15) is 24.6 Å². The Labute approximate surface area is 172 Å². The fourth-order valence-corrected chi connectivity index (χ4v) is 3.82. The van der Waals surface area contributed by atoms with Gasteiger partial charge in [-0.1, -0.05) is 37.3 Å². The molecule has 1 aliphatic heterocycles. The Morgan fingerprint density at radius 2 is 2.13 bits per heavy atom. The smallest absolute Gasteiger partial charge is 0.310 e. The number of nitrogen functional groups attached to an aromatic ring is 1. The minimum Gasteiger partial charge on any atom is -0.456 e. The minimum atomic E-state index is -1.77. The Morgan fingerprint density at radius 3 is 2.83 bits per heavy atom. The van der Waals surface area contributed by atoms with Gasteiger partial charge in [0.1, 0.15) is 24.0 Å². The third-order valence-electron chi connectivity index (χ3n) is 5.32. The van der Waals surface area contributed by atoms with Crippen molar-refractivity contribution in [3.63, 3.8) is 0 Å². The molecule has 0 saturated carbocycles. The Hall–Kier alpha value is -3.48. The molecule has 154 valence electrons. The summed E-state index contributed by atoms with van der Waals surface area (Å²) in [5.74, 6) is -0.276. The van der Waals surface area contributed by atoms with Crippen molar-refractivity contribution in [3.05, 3.63) is 60.0 Å². The first-order chi connectivity index (χ1) is 14.5. The predicted octanol–water partition coefficient (Wildman–Crippen LogP) is 1.35. The maximum Gasteiger partial charge on any atom is 0.310 e. The largest absolute Gasteiger partial charge is 0.456 e. The van der Waals surface area contributed by atoms with Crippen molar-refractivity contribution in [3.8, 4) is 6.07 Å². The predicted molar refractivity (Wildman–Crippen MR) is 106 cm³/mol. The van der Waals surface area contributed by atoms with Gasteiger partial charge in [0.25, 0.3) is 0 Å². The second kappa shape index (κ2) is 7.74. The normalized spacial score (nSPS) is 25.8. The maximum absolute atomic E-state index is 12.5. The summed E-state index contributed by atoms with van der Waals surface area (Å²) in [6, 6.07) is 14.5. The molecule has 2 aromatic heterocycles. The van der Waals surface area contributed by atoms with Gasteiger partial charge in [0.05, 0.1) is 18.2 Å². The third-order valence-corrected chi connectivity index (χ3v) is 5.32. The van der Waals surface area contributed by atoms with Crippen LogP contribution in [0.25, 0.3) is 5.52 Å². The molecule has 9 nitrogen and oxygen atoms in total. The van der Waals surface area contributed by atoms with Crippen molar-refractivity contribution in [1.29, 1.82) is 5.26 Å². The van der Waals surface area contributed by atoms with Gasteiger partial charge in [-0.15, -0.1) is 0 Å². The molecule has 0 radical (unpaired) electrons. The topological polar surface area (TPSA) is 136 Å². The molecular formula is C21H21N5O4. The summed E-state index contributed by atoms with van der Waals surface area (Å²) in [5.41, 5.74) is 5.67. The number of aromatic nitrogens is 3. The molecule has 3 aromatic rings. The lowest BCUT2D eigenvalue weighted by molar-refractivity contribution is -0.154. The van der Waals surface area contributed by atoms with Gasteiger partial charge >= 0.3 is 5.97 Å². The highest BCUT2D eigenvalue weighted by Gasteiger charge is 2.59. The molecule has 0 amide bonds. The van der Waals surface area contributed by atoms with Gasteiger partial charge in [-0.05, 0) is 24.1 Å². The van der Waals surface area contributed by atoms with E-state index in [1.807, 2.05) is 37.3 Å². The van der Waals surface area contributed by atoms with Crippen LogP contribution in [0.4, 0.5) is 5.82 Å². The van der Waals surface area contributed by atoms with Crippen molar-refractivity contribution in [2.45, 2.75) is 43.7 Å². The zero-order valence-corrected chi connectivity index (χ0v) is 16.3. The van der Waals surface area contributed by atoms with E-state index in [2.05, 4.69) is 16.2 Å². The lowest BCUT2D eigenvalue weighted by Gasteiger charge is -2.24. The van der Waals surface area contributed by atoms with Gasteiger partial charge in [0, 0.05) is 0 Å². The third kappa shape index (κ3) is 3.16. The highest BCUT2D eigenvalue weighted by molar-refractivity contribution is 5.73. The highest BCUT2D eigenvalue weighted by Crippen LogP contribution is 2.42. The van der Waals surface area contributed by atoms with Crippen LogP contribution in [0.3, 0.4) is 0 Å². The molecule has 1 aliphatic rings. The SMILES string of the molecule is CC[C@H]1O[C@@](C#N)(c2ccc3c(N)ncnn23)[C@H](O)[C@@H]1OC(=O)Cc1ccccc1. The van der Waals surface area contributed by atoms with Crippen molar-refractivity contribution >= 4 is 17.3 Å². The van der Waals surface area contributed by atoms with Crippen molar-refractivity contribution in [2.75, 3.05) is 5.73 Å². The van der Waals surface area contributed by atoms with E-state index in [9.17, 15) is 15.2 Å². The summed E-state index contributed by atoms with van der Waals surface area (Å²) >= 11 is 0. The summed E-state index contributed by atoms with van der Waals surface area (Å²) in [4.78, 5) is 16.4. The second-order valence-electron chi connectivity index (χ2n) is 7.13. The van der Waals surface area contributed by atoms with Crippen LogP contribution >= 0.6 is 0 Å². The molecule has 1 fully saturated rings. The zero-order valence-electron chi connectivity index (χ0n) is 16.3. The average Bonchev–Trinajstić information content (AvgIpc) is 3.30. The highest BCUT2D eigenvalue weighted by atomic mass is 16.6. The van der Waals surface area contributed by atoms with Crippen LogP contribution in [0, 0.1) is 11.3 Å².